The molecule has 0 aliphatic carbocycles. The normalized spacial score (nSPS) is 20.8. The van der Waals surface area contributed by atoms with Gasteiger partial charge in [0.15, 0.2) is 0 Å². The average molecular weight is 312 g/mol. The van der Waals surface area contributed by atoms with Gasteiger partial charge >= 0.3 is 0 Å². The fourth-order valence-electron chi connectivity index (χ4n) is 2.69. The molecule has 2 heterocycles. The molecule has 1 fully saturated rings. The van der Waals surface area contributed by atoms with Crippen LogP contribution in [0, 0.1) is 5.92 Å². The molecule has 118 valence electrons. The highest BCUT2D eigenvalue weighted by Crippen LogP contribution is 2.20. The lowest BCUT2D eigenvalue weighted by Crippen LogP contribution is -2.47. The van der Waals surface area contributed by atoms with E-state index in [-0.39, 0.29) is 0 Å². The maximum Gasteiger partial charge on any atom is 0.282 e. The van der Waals surface area contributed by atoms with Crippen molar-refractivity contribution in [2.24, 2.45) is 5.92 Å². The summed E-state index contributed by atoms with van der Waals surface area (Å²) in [4.78, 5) is 4.19. The largest absolute Gasteiger partial charge is 0.319 e. The van der Waals surface area contributed by atoms with Crippen LogP contribution in [0.1, 0.15) is 18.5 Å². The Morgan fingerprint density at radius 3 is 2.95 bits per heavy atom. The molecule has 1 unspecified atom stereocenters. The van der Waals surface area contributed by atoms with E-state index in [1.54, 1.807) is 17.5 Å². The first kappa shape index (κ1) is 16.4. The Morgan fingerprint density at radius 1 is 1.48 bits per heavy atom. The molecular formula is C14H24N4O2S. The van der Waals surface area contributed by atoms with Gasteiger partial charge in [-0.1, -0.05) is 6.07 Å². The second kappa shape index (κ2) is 7.31. The van der Waals surface area contributed by atoms with Crippen molar-refractivity contribution in [3.8, 4) is 0 Å². The summed E-state index contributed by atoms with van der Waals surface area (Å²) in [6.07, 6.45) is 3.68. The minimum Gasteiger partial charge on any atom is -0.319 e. The van der Waals surface area contributed by atoms with E-state index in [1.807, 2.05) is 25.2 Å². The summed E-state index contributed by atoms with van der Waals surface area (Å²) in [5, 5.41) is 3.13. The molecule has 0 spiro atoms. The van der Waals surface area contributed by atoms with E-state index in [9.17, 15) is 8.42 Å². The van der Waals surface area contributed by atoms with Crippen molar-refractivity contribution in [1.82, 2.24) is 18.9 Å². The summed E-state index contributed by atoms with van der Waals surface area (Å²) in [5.41, 5.74) is 0.757. The van der Waals surface area contributed by atoms with E-state index in [4.69, 9.17) is 0 Å². The van der Waals surface area contributed by atoms with Crippen LogP contribution in [0.4, 0.5) is 0 Å². The Bertz CT molecular complexity index is 533. The molecule has 1 aliphatic heterocycles. The molecule has 0 radical (unpaired) electrons. The summed E-state index contributed by atoms with van der Waals surface area (Å²) in [6.45, 7) is 2.36. The molecule has 0 amide bonds. The second-order valence-corrected chi connectivity index (χ2v) is 7.54. The second-order valence-electron chi connectivity index (χ2n) is 5.51. The van der Waals surface area contributed by atoms with Gasteiger partial charge in [0.05, 0.1) is 12.2 Å². The number of aromatic nitrogens is 1. The molecule has 1 aromatic rings. The van der Waals surface area contributed by atoms with Gasteiger partial charge < -0.3 is 5.32 Å². The Balaban J connectivity index is 2.02. The van der Waals surface area contributed by atoms with Crippen LogP contribution in [0.3, 0.4) is 0 Å². The molecule has 6 nitrogen and oxygen atoms in total. The Kier molecular flexibility index (Phi) is 5.69. The van der Waals surface area contributed by atoms with E-state index in [0.29, 0.717) is 25.6 Å². The van der Waals surface area contributed by atoms with Gasteiger partial charge in [0, 0.05) is 26.3 Å². The molecule has 1 saturated heterocycles. The third kappa shape index (κ3) is 4.23. The smallest absolute Gasteiger partial charge is 0.282 e. The first-order chi connectivity index (χ1) is 10.0. The maximum absolute atomic E-state index is 12.6. The minimum absolute atomic E-state index is 0.302. The highest BCUT2D eigenvalue weighted by Gasteiger charge is 2.31. The van der Waals surface area contributed by atoms with Gasteiger partial charge in [-0.2, -0.15) is 17.0 Å². The Labute approximate surface area is 127 Å². The quantitative estimate of drug-likeness (QED) is 0.839. The van der Waals surface area contributed by atoms with E-state index < -0.39 is 10.2 Å². The highest BCUT2D eigenvalue weighted by molar-refractivity contribution is 7.86. The van der Waals surface area contributed by atoms with Crippen molar-refractivity contribution in [3.05, 3.63) is 30.1 Å². The predicted octanol–water partition coefficient (Wildman–Crippen LogP) is 0.690. The summed E-state index contributed by atoms with van der Waals surface area (Å²) in [7, 11) is 0.108. The van der Waals surface area contributed by atoms with Gasteiger partial charge in [-0.3, -0.25) is 4.98 Å². The van der Waals surface area contributed by atoms with E-state index >= 15 is 0 Å². The third-order valence-corrected chi connectivity index (χ3v) is 5.71. The molecule has 1 aliphatic rings. The molecule has 1 atom stereocenters. The maximum atomic E-state index is 12.6. The van der Waals surface area contributed by atoms with Gasteiger partial charge in [0.1, 0.15) is 0 Å². The number of nitrogens with zero attached hydrogens (tertiary/aromatic N) is 3. The molecular weight excluding hydrogens is 288 g/mol. The van der Waals surface area contributed by atoms with Gasteiger partial charge in [0.2, 0.25) is 0 Å². The van der Waals surface area contributed by atoms with Crippen molar-refractivity contribution in [3.63, 3.8) is 0 Å². The zero-order chi connectivity index (χ0) is 15.3. The number of nitrogens with one attached hydrogen (secondary N) is 1. The van der Waals surface area contributed by atoms with Crippen LogP contribution < -0.4 is 5.32 Å². The lowest BCUT2D eigenvalue weighted by molar-refractivity contribution is 0.248. The first-order valence-electron chi connectivity index (χ1n) is 7.30. The lowest BCUT2D eigenvalue weighted by atomic mass is 10.00. The van der Waals surface area contributed by atoms with Crippen molar-refractivity contribution in [2.45, 2.75) is 19.4 Å². The summed E-state index contributed by atoms with van der Waals surface area (Å²) in [6, 6.07) is 5.53. The average Bonchev–Trinajstić information content (AvgIpc) is 2.49. The number of pyridine rings is 1. The Hall–Kier alpha value is -1.02. The topological polar surface area (TPSA) is 65.5 Å². The van der Waals surface area contributed by atoms with Gasteiger partial charge in [-0.15, -0.1) is 0 Å². The van der Waals surface area contributed by atoms with Crippen molar-refractivity contribution in [2.75, 3.05) is 33.7 Å². The van der Waals surface area contributed by atoms with Crippen LogP contribution in [-0.4, -0.2) is 55.7 Å². The van der Waals surface area contributed by atoms with Crippen LogP contribution in [0.15, 0.2) is 24.4 Å². The van der Waals surface area contributed by atoms with Gasteiger partial charge in [0.25, 0.3) is 10.2 Å². The number of rotatable bonds is 6. The molecule has 1 aromatic heterocycles. The SMILES string of the molecule is CNCC1CCCN(S(=O)(=O)N(C)Cc2ccccn2)C1. The van der Waals surface area contributed by atoms with Crippen molar-refractivity contribution in [1.29, 1.82) is 0 Å². The van der Waals surface area contributed by atoms with Crippen molar-refractivity contribution >= 4 is 10.2 Å². The molecule has 7 heteroatoms. The van der Waals surface area contributed by atoms with Gasteiger partial charge in [-0.05, 0) is 44.5 Å². The minimum atomic E-state index is -3.41. The van der Waals surface area contributed by atoms with Crippen LogP contribution >= 0.6 is 0 Å². The zero-order valence-corrected chi connectivity index (χ0v) is 13.5. The molecule has 1 N–H and O–H groups in total. The fourth-order valence-corrected chi connectivity index (χ4v) is 4.14. The summed E-state index contributed by atoms with van der Waals surface area (Å²) >= 11 is 0. The molecule has 0 saturated carbocycles. The standard InChI is InChI=1S/C14H24N4O2S/c1-15-10-13-6-5-9-18(11-13)21(19,20)17(2)12-14-7-3-4-8-16-14/h3-4,7-8,13,15H,5-6,9-12H2,1-2H3. The van der Waals surface area contributed by atoms with Crippen LogP contribution in [0.2, 0.25) is 0 Å². The number of hydrogen-bond donors (Lipinski definition) is 1. The van der Waals surface area contributed by atoms with Crippen LogP contribution in [0.25, 0.3) is 0 Å². The Morgan fingerprint density at radius 2 is 2.29 bits per heavy atom. The number of piperidine rings is 1. The third-order valence-electron chi connectivity index (χ3n) is 3.81. The summed E-state index contributed by atoms with van der Waals surface area (Å²) < 4.78 is 28.3. The van der Waals surface area contributed by atoms with E-state index in [2.05, 4.69) is 10.3 Å². The monoisotopic (exact) mass is 312 g/mol. The van der Waals surface area contributed by atoms with Crippen LogP contribution in [-0.2, 0) is 16.8 Å². The highest BCUT2D eigenvalue weighted by atomic mass is 32.2. The number of hydrogen-bond acceptors (Lipinski definition) is 4. The van der Waals surface area contributed by atoms with E-state index in [1.165, 1.54) is 4.31 Å². The fraction of sp³-hybridized carbons (Fsp3) is 0.643. The zero-order valence-electron chi connectivity index (χ0n) is 12.7. The lowest BCUT2D eigenvalue weighted by Gasteiger charge is -2.34. The predicted molar refractivity (Wildman–Crippen MR) is 82.8 cm³/mol. The van der Waals surface area contributed by atoms with Gasteiger partial charge in [-0.25, -0.2) is 0 Å². The first-order valence-corrected chi connectivity index (χ1v) is 8.69. The van der Waals surface area contributed by atoms with Crippen LogP contribution in [0.5, 0.6) is 0 Å². The molecule has 0 aromatic carbocycles. The van der Waals surface area contributed by atoms with E-state index in [0.717, 1.165) is 25.1 Å². The molecule has 21 heavy (non-hydrogen) atoms. The molecule has 2 rings (SSSR count). The van der Waals surface area contributed by atoms with Crippen molar-refractivity contribution < 1.29 is 8.42 Å². The summed E-state index contributed by atoms with van der Waals surface area (Å²) in [5.74, 6) is 0.391. The molecule has 0 bridgehead atoms.